The van der Waals surface area contributed by atoms with Gasteiger partial charge in [-0.25, -0.2) is 9.78 Å². The molecule has 0 saturated heterocycles. The number of aryl methyl sites for hydroxylation is 1. The first-order valence-corrected chi connectivity index (χ1v) is 4.81. The predicted octanol–water partition coefficient (Wildman–Crippen LogP) is 2.15. The van der Waals surface area contributed by atoms with Crippen molar-refractivity contribution < 1.29 is 9.90 Å². The topological polar surface area (TPSA) is 63.1 Å². The van der Waals surface area contributed by atoms with Gasteiger partial charge >= 0.3 is 5.97 Å². The summed E-state index contributed by atoms with van der Waals surface area (Å²) in [4.78, 5) is 18.9. The molecule has 16 heavy (non-hydrogen) atoms. The summed E-state index contributed by atoms with van der Waals surface area (Å²) < 4.78 is 0. The molecule has 0 aromatic carbocycles. The van der Waals surface area contributed by atoms with E-state index in [1.54, 1.807) is 19.2 Å². The highest BCUT2D eigenvalue weighted by Crippen LogP contribution is 2.19. The first-order chi connectivity index (χ1) is 7.68. The van der Waals surface area contributed by atoms with Crippen LogP contribution in [0.2, 0.25) is 0 Å². The van der Waals surface area contributed by atoms with E-state index >= 15 is 0 Å². The summed E-state index contributed by atoms with van der Waals surface area (Å²) in [6.45, 7) is 1.77. The van der Waals surface area contributed by atoms with Crippen LogP contribution in [0, 0.1) is 6.92 Å². The number of rotatable bonds is 2. The summed E-state index contributed by atoms with van der Waals surface area (Å²) in [5.41, 5.74) is 2.37. The van der Waals surface area contributed by atoms with Gasteiger partial charge in [-0.05, 0) is 31.2 Å². The molecular weight excluding hydrogens is 204 g/mol. The van der Waals surface area contributed by atoms with Crippen LogP contribution in [-0.2, 0) is 0 Å². The Bertz CT molecular complexity index is 524. The molecule has 4 nitrogen and oxygen atoms in total. The van der Waals surface area contributed by atoms with Gasteiger partial charge in [0.15, 0.2) is 0 Å². The first-order valence-electron chi connectivity index (χ1n) is 4.81. The van der Waals surface area contributed by atoms with Crippen molar-refractivity contribution in [2.24, 2.45) is 0 Å². The number of aromatic carboxylic acids is 1. The number of carbonyl (C=O) groups is 1. The predicted molar refractivity (Wildman–Crippen MR) is 59.2 cm³/mol. The third-order valence-electron chi connectivity index (χ3n) is 2.25. The number of hydrogen-bond donors (Lipinski definition) is 1. The molecule has 2 aromatic rings. The van der Waals surface area contributed by atoms with Gasteiger partial charge in [0.2, 0.25) is 0 Å². The molecule has 1 N–H and O–H groups in total. The summed E-state index contributed by atoms with van der Waals surface area (Å²) in [5.74, 6) is -1.02. The lowest BCUT2D eigenvalue weighted by Crippen LogP contribution is -2.02. The SMILES string of the molecule is Cc1nc(C(=O)O)ccc1-c1ccccn1. The fourth-order valence-electron chi connectivity index (χ4n) is 1.47. The van der Waals surface area contributed by atoms with E-state index in [1.165, 1.54) is 6.07 Å². The van der Waals surface area contributed by atoms with Crippen LogP contribution in [0.5, 0.6) is 0 Å². The molecule has 2 rings (SSSR count). The van der Waals surface area contributed by atoms with Crippen LogP contribution in [0.25, 0.3) is 11.3 Å². The molecule has 0 radical (unpaired) electrons. The van der Waals surface area contributed by atoms with Crippen LogP contribution in [0.3, 0.4) is 0 Å². The largest absolute Gasteiger partial charge is 0.477 e. The highest BCUT2D eigenvalue weighted by Gasteiger charge is 2.08. The highest BCUT2D eigenvalue weighted by atomic mass is 16.4. The molecule has 0 amide bonds. The van der Waals surface area contributed by atoms with Crippen LogP contribution in [0.1, 0.15) is 16.2 Å². The van der Waals surface area contributed by atoms with E-state index in [0.717, 1.165) is 11.3 Å². The van der Waals surface area contributed by atoms with Gasteiger partial charge in [0, 0.05) is 17.5 Å². The van der Waals surface area contributed by atoms with E-state index < -0.39 is 5.97 Å². The summed E-state index contributed by atoms with van der Waals surface area (Å²) in [6, 6.07) is 8.79. The lowest BCUT2D eigenvalue weighted by atomic mass is 10.1. The molecule has 0 aliphatic carbocycles. The van der Waals surface area contributed by atoms with Gasteiger partial charge < -0.3 is 5.11 Å². The fourth-order valence-corrected chi connectivity index (χ4v) is 1.47. The molecule has 2 heterocycles. The lowest BCUT2D eigenvalue weighted by molar-refractivity contribution is 0.0690. The number of carboxylic acids is 1. The van der Waals surface area contributed by atoms with Crippen molar-refractivity contribution >= 4 is 5.97 Å². The minimum absolute atomic E-state index is 0.0529. The minimum atomic E-state index is -1.02. The second-order valence-corrected chi connectivity index (χ2v) is 3.35. The van der Waals surface area contributed by atoms with Crippen molar-refractivity contribution in [2.75, 3.05) is 0 Å². The van der Waals surface area contributed by atoms with Crippen molar-refractivity contribution in [1.29, 1.82) is 0 Å². The zero-order chi connectivity index (χ0) is 11.5. The molecule has 0 fully saturated rings. The number of aromatic nitrogens is 2. The van der Waals surface area contributed by atoms with E-state index in [0.29, 0.717) is 5.69 Å². The second kappa shape index (κ2) is 4.10. The smallest absolute Gasteiger partial charge is 0.354 e. The van der Waals surface area contributed by atoms with Gasteiger partial charge in [0.1, 0.15) is 5.69 Å². The molecule has 0 aliphatic heterocycles. The normalized spacial score (nSPS) is 10.1. The quantitative estimate of drug-likeness (QED) is 0.831. The number of pyridine rings is 2. The average molecular weight is 214 g/mol. The molecule has 80 valence electrons. The summed E-state index contributed by atoms with van der Waals surface area (Å²) in [5, 5.41) is 8.79. The van der Waals surface area contributed by atoms with Crippen molar-refractivity contribution in [1.82, 2.24) is 9.97 Å². The third-order valence-corrected chi connectivity index (χ3v) is 2.25. The molecule has 0 aliphatic rings. The van der Waals surface area contributed by atoms with Crippen LogP contribution in [0.15, 0.2) is 36.5 Å². The molecule has 2 aromatic heterocycles. The zero-order valence-corrected chi connectivity index (χ0v) is 8.71. The molecule has 0 atom stereocenters. The molecule has 4 heteroatoms. The molecular formula is C12H10N2O2. The third kappa shape index (κ3) is 1.91. The minimum Gasteiger partial charge on any atom is -0.477 e. The molecule has 0 bridgehead atoms. The van der Waals surface area contributed by atoms with Crippen molar-refractivity contribution in [2.45, 2.75) is 6.92 Å². The lowest BCUT2D eigenvalue weighted by Gasteiger charge is -2.04. The molecule has 0 saturated carbocycles. The standard InChI is InChI=1S/C12H10N2O2/c1-8-9(10-4-2-3-7-13-10)5-6-11(14-8)12(15)16/h2-7H,1H3,(H,15,16). The van der Waals surface area contributed by atoms with Crippen LogP contribution in [0.4, 0.5) is 0 Å². The van der Waals surface area contributed by atoms with Gasteiger partial charge in [-0.3, -0.25) is 4.98 Å². The van der Waals surface area contributed by atoms with Crippen LogP contribution >= 0.6 is 0 Å². The van der Waals surface area contributed by atoms with Crippen molar-refractivity contribution in [3.05, 3.63) is 47.9 Å². The highest BCUT2D eigenvalue weighted by molar-refractivity contribution is 5.86. The van der Waals surface area contributed by atoms with Crippen molar-refractivity contribution in [3.8, 4) is 11.3 Å². The Morgan fingerprint density at radius 1 is 1.25 bits per heavy atom. The first kappa shape index (κ1) is 10.3. The van der Waals surface area contributed by atoms with E-state index in [2.05, 4.69) is 9.97 Å². The van der Waals surface area contributed by atoms with E-state index in [-0.39, 0.29) is 5.69 Å². The van der Waals surface area contributed by atoms with Gasteiger partial charge in [0.05, 0.1) is 5.69 Å². The van der Waals surface area contributed by atoms with Crippen LogP contribution < -0.4 is 0 Å². The molecule has 0 unspecified atom stereocenters. The summed E-state index contributed by atoms with van der Waals surface area (Å²) >= 11 is 0. The number of carboxylic acid groups (broad SMARTS) is 1. The number of hydrogen-bond acceptors (Lipinski definition) is 3. The second-order valence-electron chi connectivity index (χ2n) is 3.35. The maximum atomic E-state index is 10.7. The Hall–Kier alpha value is -2.23. The van der Waals surface area contributed by atoms with Crippen LogP contribution in [-0.4, -0.2) is 21.0 Å². The Balaban J connectivity index is 2.48. The Kier molecular flexibility index (Phi) is 2.64. The Morgan fingerprint density at radius 2 is 2.06 bits per heavy atom. The Morgan fingerprint density at radius 3 is 2.62 bits per heavy atom. The van der Waals surface area contributed by atoms with Gasteiger partial charge in [-0.15, -0.1) is 0 Å². The molecule has 0 spiro atoms. The van der Waals surface area contributed by atoms with E-state index in [4.69, 9.17) is 5.11 Å². The Labute approximate surface area is 92.6 Å². The maximum Gasteiger partial charge on any atom is 0.354 e. The summed E-state index contributed by atoms with van der Waals surface area (Å²) in [7, 11) is 0. The zero-order valence-electron chi connectivity index (χ0n) is 8.71. The van der Waals surface area contributed by atoms with Gasteiger partial charge in [-0.1, -0.05) is 6.07 Å². The fraction of sp³-hybridized carbons (Fsp3) is 0.0833. The maximum absolute atomic E-state index is 10.7. The average Bonchev–Trinajstić information content (AvgIpc) is 2.30. The van der Waals surface area contributed by atoms with E-state index in [9.17, 15) is 4.79 Å². The van der Waals surface area contributed by atoms with Gasteiger partial charge in [-0.2, -0.15) is 0 Å². The monoisotopic (exact) mass is 214 g/mol. The van der Waals surface area contributed by atoms with Crippen molar-refractivity contribution in [3.63, 3.8) is 0 Å². The van der Waals surface area contributed by atoms with Gasteiger partial charge in [0.25, 0.3) is 0 Å². The summed E-state index contributed by atoms with van der Waals surface area (Å²) in [6.07, 6.45) is 1.69. The van der Waals surface area contributed by atoms with E-state index in [1.807, 2.05) is 18.2 Å². The number of nitrogens with zero attached hydrogens (tertiary/aromatic N) is 2.